The Morgan fingerprint density at radius 1 is 1.52 bits per heavy atom. The van der Waals surface area contributed by atoms with Gasteiger partial charge in [-0.3, -0.25) is 0 Å². The van der Waals surface area contributed by atoms with Gasteiger partial charge in [-0.15, -0.1) is 11.3 Å². The fourth-order valence-electron chi connectivity index (χ4n) is 2.97. The molecule has 0 aromatic carbocycles. The first-order chi connectivity index (χ1) is 11.1. The van der Waals surface area contributed by atoms with E-state index >= 15 is 0 Å². The smallest absolute Gasteiger partial charge is 0.348 e. The topological polar surface area (TPSA) is 95.8 Å². The summed E-state index contributed by atoms with van der Waals surface area (Å²) in [5.41, 5.74) is 0.797. The molecule has 0 aliphatic carbocycles. The second kappa shape index (κ2) is 6.38. The van der Waals surface area contributed by atoms with Gasteiger partial charge in [-0.25, -0.2) is 14.8 Å². The van der Waals surface area contributed by atoms with E-state index in [0.717, 1.165) is 15.8 Å². The molecule has 2 aromatic rings. The third-order valence-corrected chi connectivity index (χ3v) is 5.51. The number of hydrogen-bond acceptors (Lipinski definition) is 8. The van der Waals surface area contributed by atoms with Crippen LogP contribution in [0.15, 0.2) is 6.33 Å². The number of piperidine rings is 1. The molecule has 124 valence electrons. The summed E-state index contributed by atoms with van der Waals surface area (Å²) >= 11 is 1.29. The lowest BCUT2D eigenvalue weighted by Gasteiger charge is -2.36. The number of ether oxygens (including phenoxy) is 1. The zero-order chi connectivity index (χ0) is 16.6. The minimum absolute atomic E-state index is 0.0157. The molecule has 0 bridgehead atoms. The van der Waals surface area contributed by atoms with E-state index in [9.17, 15) is 15.0 Å². The van der Waals surface area contributed by atoms with E-state index < -0.39 is 6.10 Å². The van der Waals surface area contributed by atoms with Crippen molar-refractivity contribution in [3.8, 4) is 0 Å². The predicted octanol–water partition coefficient (Wildman–Crippen LogP) is 0.966. The van der Waals surface area contributed by atoms with E-state index in [1.807, 2.05) is 11.8 Å². The molecular weight excluding hydrogens is 318 g/mol. The standard InChI is InChI=1S/C15H19N3O4S/c1-8-11-13(18-4-3-9(6-19)10(20)5-18)16-7-17-14(11)23-12(8)15(21)22-2/h7,9-10,19-20H,3-6H2,1-2H3/t9-,10-/m1/s1. The van der Waals surface area contributed by atoms with Crippen molar-refractivity contribution in [2.24, 2.45) is 5.92 Å². The lowest BCUT2D eigenvalue weighted by Crippen LogP contribution is -2.45. The number of carbonyl (C=O) groups is 1. The predicted molar refractivity (Wildman–Crippen MR) is 86.9 cm³/mol. The number of anilines is 1. The molecule has 23 heavy (non-hydrogen) atoms. The van der Waals surface area contributed by atoms with Crippen molar-refractivity contribution in [1.82, 2.24) is 9.97 Å². The van der Waals surface area contributed by atoms with E-state index in [-0.39, 0.29) is 18.5 Å². The molecule has 0 amide bonds. The Morgan fingerprint density at radius 2 is 2.30 bits per heavy atom. The zero-order valence-electron chi connectivity index (χ0n) is 13.0. The van der Waals surface area contributed by atoms with Gasteiger partial charge in [0.2, 0.25) is 0 Å². The van der Waals surface area contributed by atoms with Crippen LogP contribution in [0.1, 0.15) is 21.7 Å². The molecule has 3 heterocycles. The number of fused-ring (bicyclic) bond motifs is 1. The van der Waals surface area contributed by atoms with Gasteiger partial charge in [-0.1, -0.05) is 0 Å². The van der Waals surface area contributed by atoms with Crippen LogP contribution in [0.25, 0.3) is 10.2 Å². The first kappa shape index (κ1) is 16.1. The molecule has 2 atom stereocenters. The van der Waals surface area contributed by atoms with Gasteiger partial charge >= 0.3 is 5.97 Å². The number of β-amino-alcohol motifs (C(OH)–C–C–N with tert-alkyl or cyclic N) is 1. The first-order valence-corrected chi connectivity index (χ1v) is 8.24. The van der Waals surface area contributed by atoms with E-state index in [0.29, 0.717) is 30.2 Å². The number of carbonyl (C=O) groups excluding carboxylic acids is 1. The Morgan fingerprint density at radius 3 is 2.96 bits per heavy atom. The van der Waals surface area contributed by atoms with Crippen LogP contribution < -0.4 is 4.90 Å². The van der Waals surface area contributed by atoms with Gasteiger partial charge in [-0.05, 0) is 18.9 Å². The summed E-state index contributed by atoms with van der Waals surface area (Å²) in [4.78, 5) is 23.7. The van der Waals surface area contributed by atoms with E-state index in [2.05, 4.69) is 9.97 Å². The molecule has 0 radical (unpaired) electrons. The molecule has 8 heteroatoms. The molecule has 1 aliphatic rings. The number of thiophene rings is 1. The van der Waals surface area contributed by atoms with Crippen LogP contribution in [-0.2, 0) is 4.74 Å². The highest BCUT2D eigenvalue weighted by Gasteiger charge is 2.30. The molecule has 7 nitrogen and oxygen atoms in total. The average Bonchev–Trinajstić information content (AvgIpc) is 2.91. The largest absolute Gasteiger partial charge is 0.465 e. The molecule has 2 aromatic heterocycles. The Bertz CT molecular complexity index is 733. The highest BCUT2D eigenvalue weighted by atomic mass is 32.1. The molecule has 0 unspecified atom stereocenters. The summed E-state index contributed by atoms with van der Waals surface area (Å²) in [5.74, 6) is 0.239. The number of hydrogen-bond donors (Lipinski definition) is 2. The van der Waals surface area contributed by atoms with E-state index in [4.69, 9.17) is 4.74 Å². The highest BCUT2D eigenvalue weighted by molar-refractivity contribution is 7.20. The monoisotopic (exact) mass is 337 g/mol. The van der Waals surface area contributed by atoms with Crippen molar-refractivity contribution in [1.29, 1.82) is 0 Å². The van der Waals surface area contributed by atoms with Crippen molar-refractivity contribution in [3.05, 3.63) is 16.8 Å². The summed E-state index contributed by atoms with van der Waals surface area (Å²) in [6.45, 7) is 2.93. The van der Waals surface area contributed by atoms with Crippen molar-refractivity contribution in [3.63, 3.8) is 0 Å². The van der Waals surface area contributed by atoms with Gasteiger partial charge in [0.15, 0.2) is 0 Å². The number of methoxy groups -OCH3 is 1. The average molecular weight is 337 g/mol. The highest BCUT2D eigenvalue weighted by Crippen LogP contribution is 2.36. The summed E-state index contributed by atoms with van der Waals surface area (Å²) < 4.78 is 4.82. The Labute approximate surface area is 137 Å². The van der Waals surface area contributed by atoms with Crippen molar-refractivity contribution in [2.45, 2.75) is 19.4 Å². The number of esters is 1. The van der Waals surface area contributed by atoms with Gasteiger partial charge in [0, 0.05) is 25.6 Å². The molecule has 1 saturated heterocycles. The van der Waals surface area contributed by atoms with Crippen LogP contribution in [0.3, 0.4) is 0 Å². The fraction of sp³-hybridized carbons (Fsp3) is 0.533. The number of aryl methyl sites for hydroxylation is 1. The van der Waals surface area contributed by atoms with Crippen molar-refractivity contribution in [2.75, 3.05) is 31.7 Å². The SMILES string of the molecule is COC(=O)c1sc2ncnc(N3CC[C@H](CO)[C@H](O)C3)c2c1C. The van der Waals surface area contributed by atoms with Crippen molar-refractivity contribution >= 4 is 33.3 Å². The fourth-order valence-corrected chi connectivity index (χ4v) is 4.03. The normalized spacial score (nSPS) is 21.7. The van der Waals surface area contributed by atoms with Crippen LogP contribution in [0, 0.1) is 12.8 Å². The summed E-state index contributed by atoms with van der Waals surface area (Å²) in [7, 11) is 1.36. The number of aliphatic hydroxyl groups is 2. The molecular formula is C15H19N3O4S. The minimum atomic E-state index is -0.599. The lowest BCUT2D eigenvalue weighted by molar-refractivity contribution is 0.0546. The van der Waals surface area contributed by atoms with Crippen LogP contribution in [-0.4, -0.2) is 59.1 Å². The first-order valence-electron chi connectivity index (χ1n) is 7.43. The Kier molecular flexibility index (Phi) is 4.47. The van der Waals surface area contributed by atoms with Gasteiger partial charge in [0.25, 0.3) is 0 Å². The number of aromatic nitrogens is 2. The van der Waals surface area contributed by atoms with Crippen molar-refractivity contribution < 1.29 is 19.7 Å². The van der Waals surface area contributed by atoms with Crippen LogP contribution in [0.2, 0.25) is 0 Å². The Balaban J connectivity index is 2.02. The van der Waals surface area contributed by atoms with Gasteiger partial charge in [-0.2, -0.15) is 0 Å². The second-order valence-electron chi connectivity index (χ2n) is 5.67. The maximum Gasteiger partial charge on any atom is 0.348 e. The zero-order valence-corrected chi connectivity index (χ0v) is 13.8. The summed E-state index contributed by atoms with van der Waals surface area (Å²) in [5, 5.41) is 20.3. The molecule has 3 rings (SSSR count). The maximum atomic E-state index is 11.9. The summed E-state index contributed by atoms with van der Waals surface area (Å²) in [6.07, 6.45) is 1.56. The second-order valence-corrected chi connectivity index (χ2v) is 6.67. The molecule has 1 aliphatic heterocycles. The summed E-state index contributed by atoms with van der Waals surface area (Å²) in [6, 6.07) is 0. The Hall–Kier alpha value is -1.77. The quantitative estimate of drug-likeness (QED) is 0.806. The lowest BCUT2D eigenvalue weighted by atomic mass is 9.94. The van der Waals surface area contributed by atoms with Gasteiger partial charge < -0.3 is 19.8 Å². The third kappa shape index (κ3) is 2.77. The third-order valence-electron chi connectivity index (χ3n) is 4.33. The van der Waals surface area contributed by atoms with Gasteiger partial charge in [0.05, 0.1) is 18.6 Å². The van der Waals surface area contributed by atoms with E-state index in [1.54, 1.807) is 0 Å². The van der Waals surface area contributed by atoms with Crippen LogP contribution >= 0.6 is 11.3 Å². The molecule has 0 spiro atoms. The van der Waals surface area contributed by atoms with E-state index in [1.165, 1.54) is 24.8 Å². The molecule has 1 fully saturated rings. The van der Waals surface area contributed by atoms with Crippen LogP contribution in [0.5, 0.6) is 0 Å². The minimum Gasteiger partial charge on any atom is -0.465 e. The number of nitrogens with zero attached hydrogens (tertiary/aromatic N) is 3. The van der Waals surface area contributed by atoms with Crippen LogP contribution in [0.4, 0.5) is 5.82 Å². The number of rotatable bonds is 3. The van der Waals surface area contributed by atoms with Gasteiger partial charge in [0.1, 0.15) is 21.9 Å². The number of aliphatic hydroxyl groups excluding tert-OH is 2. The maximum absolute atomic E-state index is 11.9. The molecule has 2 N–H and O–H groups in total. The molecule has 0 saturated carbocycles.